The van der Waals surface area contributed by atoms with Gasteiger partial charge < -0.3 is 14.2 Å². The van der Waals surface area contributed by atoms with Crippen molar-refractivity contribution in [3.63, 3.8) is 0 Å². The van der Waals surface area contributed by atoms with E-state index in [9.17, 15) is 0 Å². The summed E-state index contributed by atoms with van der Waals surface area (Å²) >= 11 is 11.5. The molecule has 0 amide bonds. The fourth-order valence-electron chi connectivity index (χ4n) is 0.713. The summed E-state index contributed by atoms with van der Waals surface area (Å²) in [7, 11) is 0. The zero-order chi connectivity index (χ0) is 7.84. The smallest absolute Gasteiger partial charge is 0.161 e. The summed E-state index contributed by atoms with van der Waals surface area (Å²) in [6.45, 7) is 1.34. The van der Waals surface area contributed by atoms with Crippen LogP contribution in [0.5, 0.6) is 0 Å². The van der Waals surface area contributed by atoms with Crippen LogP contribution in [0.15, 0.2) is 0 Å². The quantitative estimate of drug-likeness (QED) is 0.498. The second-order valence-corrected chi connectivity index (χ2v) is 3.44. The molecule has 4 unspecified atom stereocenters. The minimum Gasteiger partial charge on any atom is -0.369 e. The summed E-state index contributed by atoms with van der Waals surface area (Å²) in [6.07, 6.45) is 0.0494. The fourth-order valence-corrected chi connectivity index (χ4v) is 1.28. The third kappa shape index (κ3) is 2.20. The van der Waals surface area contributed by atoms with E-state index in [4.69, 9.17) is 37.4 Å². The van der Waals surface area contributed by atoms with Crippen LogP contribution in [0.25, 0.3) is 0 Å². The first kappa shape index (κ1) is 8.08. The van der Waals surface area contributed by atoms with Gasteiger partial charge in [-0.1, -0.05) is 23.2 Å². The highest BCUT2D eigenvalue weighted by Crippen LogP contribution is 2.27. The molecular formula is C6H8Cl2O3. The summed E-state index contributed by atoms with van der Waals surface area (Å²) in [6, 6.07) is 0. The van der Waals surface area contributed by atoms with Gasteiger partial charge in [-0.25, -0.2) is 0 Å². The molecule has 0 saturated carbocycles. The number of rotatable bonds is 4. The van der Waals surface area contributed by atoms with Crippen molar-refractivity contribution in [1.82, 2.24) is 0 Å². The Bertz CT molecular complexity index is 131. The van der Waals surface area contributed by atoms with Gasteiger partial charge in [0.1, 0.15) is 12.2 Å². The lowest BCUT2D eigenvalue weighted by atomic mass is 10.5. The van der Waals surface area contributed by atoms with Gasteiger partial charge in [-0.15, -0.1) is 0 Å². The zero-order valence-electron chi connectivity index (χ0n) is 5.70. The molecule has 11 heavy (non-hydrogen) atoms. The maximum atomic E-state index is 5.76. The van der Waals surface area contributed by atoms with Gasteiger partial charge in [0.15, 0.2) is 11.1 Å². The third-order valence-corrected chi connectivity index (χ3v) is 2.33. The van der Waals surface area contributed by atoms with Crippen molar-refractivity contribution in [2.75, 3.05) is 13.2 Å². The van der Waals surface area contributed by atoms with E-state index in [-0.39, 0.29) is 12.2 Å². The van der Waals surface area contributed by atoms with Crippen molar-refractivity contribution in [1.29, 1.82) is 0 Å². The van der Waals surface area contributed by atoms with Crippen molar-refractivity contribution in [2.24, 2.45) is 0 Å². The molecule has 5 heteroatoms. The van der Waals surface area contributed by atoms with Gasteiger partial charge in [-0.3, -0.25) is 0 Å². The van der Waals surface area contributed by atoms with Gasteiger partial charge >= 0.3 is 0 Å². The first-order chi connectivity index (χ1) is 5.27. The predicted octanol–water partition coefficient (Wildman–Crippen LogP) is 0.930. The molecular weight excluding hydrogens is 191 g/mol. The number of epoxide rings is 2. The SMILES string of the molecule is ClC(OC(Cl)C1CO1)C1CO1. The Balaban J connectivity index is 1.69. The number of halogens is 2. The molecule has 2 aliphatic rings. The summed E-state index contributed by atoms with van der Waals surface area (Å²) in [5.41, 5.74) is -0.858. The van der Waals surface area contributed by atoms with Gasteiger partial charge in [0.25, 0.3) is 0 Å². The highest BCUT2D eigenvalue weighted by Gasteiger charge is 2.38. The van der Waals surface area contributed by atoms with Crippen LogP contribution in [0.3, 0.4) is 0 Å². The average molecular weight is 199 g/mol. The number of alkyl halides is 2. The van der Waals surface area contributed by atoms with Gasteiger partial charge in [0.05, 0.1) is 13.2 Å². The Morgan fingerprint density at radius 2 is 1.45 bits per heavy atom. The van der Waals surface area contributed by atoms with E-state index in [0.717, 1.165) is 0 Å². The third-order valence-electron chi connectivity index (χ3n) is 1.56. The molecule has 64 valence electrons. The first-order valence-corrected chi connectivity index (χ1v) is 4.31. The van der Waals surface area contributed by atoms with E-state index in [0.29, 0.717) is 13.2 Å². The second kappa shape index (κ2) is 3.07. The highest BCUT2D eigenvalue weighted by atomic mass is 35.5. The van der Waals surface area contributed by atoms with E-state index in [1.807, 2.05) is 0 Å². The van der Waals surface area contributed by atoms with Crippen molar-refractivity contribution >= 4 is 23.2 Å². The molecule has 3 nitrogen and oxygen atoms in total. The van der Waals surface area contributed by atoms with Crippen molar-refractivity contribution in [3.8, 4) is 0 Å². The van der Waals surface area contributed by atoms with E-state index < -0.39 is 11.1 Å². The fraction of sp³-hybridized carbons (Fsp3) is 1.00. The van der Waals surface area contributed by atoms with Crippen LogP contribution in [-0.2, 0) is 14.2 Å². The molecule has 0 bridgehead atoms. The van der Waals surface area contributed by atoms with Crippen LogP contribution < -0.4 is 0 Å². The molecule has 2 rings (SSSR count). The number of hydrogen-bond acceptors (Lipinski definition) is 3. The standard InChI is InChI=1S/C6H8Cl2O3/c7-5(3-1-9-3)11-6(8)4-2-10-4/h3-6H,1-2H2. The van der Waals surface area contributed by atoms with E-state index in [1.54, 1.807) is 0 Å². The van der Waals surface area contributed by atoms with Gasteiger partial charge in [0.2, 0.25) is 0 Å². The maximum absolute atomic E-state index is 5.76. The maximum Gasteiger partial charge on any atom is 0.161 e. The summed E-state index contributed by atoms with van der Waals surface area (Å²) in [4.78, 5) is 0. The molecule has 2 saturated heterocycles. The molecule has 0 aromatic rings. The van der Waals surface area contributed by atoms with E-state index in [1.165, 1.54) is 0 Å². The van der Waals surface area contributed by atoms with E-state index in [2.05, 4.69) is 0 Å². The summed E-state index contributed by atoms with van der Waals surface area (Å²) in [5.74, 6) is 0. The molecule has 0 radical (unpaired) electrons. The average Bonchev–Trinajstić information content (AvgIpc) is 2.84. The van der Waals surface area contributed by atoms with Gasteiger partial charge in [-0.05, 0) is 0 Å². The Kier molecular flexibility index (Phi) is 2.25. The summed E-state index contributed by atoms with van der Waals surface area (Å²) < 4.78 is 15.0. The van der Waals surface area contributed by atoms with Crippen molar-refractivity contribution in [2.45, 2.75) is 23.3 Å². The first-order valence-electron chi connectivity index (χ1n) is 3.44. The van der Waals surface area contributed by atoms with Crippen molar-refractivity contribution < 1.29 is 14.2 Å². The largest absolute Gasteiger partial charge is 0.369 e. The molecule has 2 fully saturated rings. The van der Waals surface area contributed by atoms with Crippen LogP contribution in [0.1, 0.15) is 0 Å². The number of hydrogen-bond donors (Lipinski definition) is 0. The molecule has 0 N–H and O–H groups in total. The van der Waals surface area contributed by atoms with Crippen LogP contribution in [0.2, 0.25) is 0 Å². The monoisotopic (exact) mass is 198 g/mol. The van der Waals surface area contributed by atoms with Crippen LogP contribution in [0.4, 0.5) is 0 Å². The number of ether oxygens (including phenoxy) is 3. The molecule has 2 aliphatic heterocycles. The summed E-state index contributed by atoms with van der Waals surface area (Å²) in [5, 5.41) is 0. The normalized spacial score (nSPS) is 39.8. The topological polar surface area (TPSA) is 34.3 Å². The van der Waals surface area contributed by atoms with Crippen LogP contribution >= 0.6 is 23.2 Å². The molecule has 0 aliphatic carbocycles. The second-order valence-electron chi connectivity index (χ2n) is 2.58. The van der Waals surface area contributed by atoms with Crippen LogP contribution in [0, 0.1) is 0 Å². The van der Waals surface area contributed by atoms with Crippen LogP contribution in [-0.4, -0.2) is 36.5 Å². The Labute approximate surface area is 74.5 Å². The predicted molar refractivity (Wildman–Crippen MR) is 39.8 cm³/mol. The lowest BCUT2D eigenvalue weighted by Gasteiger charge is -2.11. The van der Waals surface area contributed by atoms with Gasteiger partial charge in [0, 0.05) is 0 Å². The Morgan fingerprint density at radius 3 is 1.73 bits per heavy atom. The zero-order valence-corrected chi connectivity index (χ0v) is 7.22. The minimum atomic E-state index is -0.429. The Hall–Kier alpha value is 0.460. The molecule has 0 spiro atoms. The van der Waals surface area contributed by atoms with Crippen molar-refractivity contribution in [3.05, 3.63) is 0 Å². The lowest BCUT2D eigenvalue weighted by Crippen LogP contribution is -2.21. The molecule has 0 aromatic heterocycles. The molecule has 4 atom stereocenters. The van der Waals surface area contributed by atoms with Gasteiger partial charge in [-0.2, -0.15) is 0 Å². The molecule has 2 heterocycles. The lowest BCUT2D eigenvalue weighted by molar-refractivity contribution is 0.0487. The highest BCUT2D eigenvalue weighted by molar-refractivity contribution is 6.22. The Morgan fingerprint density at radius 1 is 1.09 bits per heavy atom. The van der Waals surface area contributed by atoms with E-state index >= 15 is 0 Å². The molecule has 0 aromatic carbocycles. The minimum absolute atomic E-state index is 0.0247.